The van der Waals surface area contributed by atoms with Gasteiger partial charge in [-0.1, -0.05) is 6.42 Å². The molecule has 0 saturated heterocycles. The molecule has 1 aliphatic carbocycles. The second-order valence-electron chi connectivity index (χ2n) is 5.07. The number of anilines is 1. The molecular weight excluding hydrogens is 290 g/mol. The van der Waals surface area contributed by atoms with Crippen LogP contribution in [0.5, 0.6) is 0 Å². The van der Waals surface area contributed by atoms with Crippen molar-refractivity contribution in [2.24, 2.45) is 11.7 Å². The second-order valence-corrected chi connectivity index (χ2v) is 5.93. The van der Waals surface area contributed by atoms with Crippen LogP contribution in [0, 0.1) is 12.8 Å². The van der Waals surface area contributed by atoms with E-state index < -0.39 is 0 Å². The largest absolute Gasteiger partial charge is 0.354 e. The molecule has 0 aliphatic heterocycles. The third-order valence-electron chi connectivity index (χ3n) is 3.99. The smallest absolute Gasteiger partial charge is 0.129 e. The van der Waals surface area contributed by atoms with Gasteiger partial charge in [0.25, 0.3) is 0 Å². The normalized spacial score (nSPS) is 23.3. The van der Waals surface area contributed by atoms with Crippen LogP contribution < -0.4 is 10.6 Å². The van der Waals surface area contributed by atoms with E-state index in [0.29, 0.717) is 12.0 Å². The minimum absolute atomic E-state index is 0.563. The minimum Gasteiger partial charge on any atom is -0.354 e. The van der Waals surface area contributed by atoms with Gasteiger partial charge >= 0.3 is 0 Å². The molecule has 3 nitrogen and oxygen atoms in total. The molecule has 2 atom stereocenters. The molecule has 1 aromatic heterocycles. The van der Waals surface area contributed by atoms with Gasteiger partial charge in [-0.05, 0) is 66.7 Å². The average molecular weight is 312 g/mol. The van der Waals surface area contributed by atoms with Crippen LogP contribution in [0.15, 0.2) is 16.7 Å². The zero-order valence-electron chi connectivity index (χ0n) is 11.2. The molecule has 0 aromatic carbocycles. The highest BCUT2D eigenvalue weighted by Gasteiger charge is 2.31. The van der Waals surface area contributed by atoms with Gasteiger partial charge in [0.15, 0.2) is 0 Å². The van der Waals surface area contributed by atoms with E-state index in [-0.39, 0.29) is 0 Å². The van der Waals surface area contributed by atoms with E-state index in [9.17, 15) is 0 Å². The van der Waals surface area contributed by atoms with Crippen LogP contribution >= 0.6 is 15.9 Å². The van der Waals surface area contributed by atoms with Crippen LogP contribution in [0.4, 0.5) is 5.82 Å². The third-order valence-corrected chi connectivity index (χ3v) is 4.82. The molecular formula is C14H22BrN3. The van der Waals surface area contributed by atoms with Crippen molar-refractivity contribution in [2.75, 3.05) is 18.0 Å². The van der Waals surface area contributed by atoms with Gasteiger partial charge in [-0.25, -0.2) is 4.98 Å². The Kier molecular flexibility index (Phi) is 4.62. The zero-order chi connectivity index (χ0) is 13.1. The van der Waals surface area contributed by atoms with Crippen LogP contribution in [0.3, 0.4) is 0 Å². The number of aryl methyl sites for hydroxylation is 1. The number of pyridine rings is 1. The molecule has 1 aliphatic rings. The van der Waals surface area contributed by atoms with E-state index in [0.717, 1.165) is 23.4 Å². The monoisotopic (exact) mass is 311 g/mol. The van der Waals surface area contributed by atoms with Crippen LogP contribution in [0.2, 0.25) is 0 Å². The highest BCUT2D eigenvalue weighted by atomic mass is 79.9. The molecule has 2 unspecified atom stereocenters. The first-order valence-corrected chi connectivity index (χ1v) is 7.55. The molecule has 1 heterocycles. The summed E-state index contributed by atoms with van der Waals surface area (Å²) in [4.78, 5) is 6.98. The topological polar surface area (TPSA) is 42.2 Å². The standard InChI is InChI=1S/C14H22BrN3/c1-3-18(13-6-4-5-11(13)8-16)14-7-10(2)12(15)9-17-14/h7,9,11,13H,3-6,8,16H2,1-2H3. The number of aromatic nitrogens is 1. The fourth-order valence-electron chi connectivity index (χ4n) is 2.95. The Labute approximate surface area is 118 Å². The van der Waals surface area contributed by atoms with Crippen molar-refractivity contribution >= 4 is 21.7 Å². The summed E-state index contributed by atoms with van der Waals surface area (Å²) in [6, 6.07) is 2.73. The summed E-state index contributed by atoms with van der Waals surface area (Å²) in [6.45, 7) is 6.09. The quantitative estimate of drug-likeness (QED) is 0.929. The molecule has 18 heavy (non-hydrogen) atoms. The fourth-order valence-corrected chi connectivity index (χ4v) is 3.17. The molecule has 1 saturated carbocycles. The summed E-state index contributed by atoms with van der Waals surface area (Å²) in [7, 11) is 0. The molecule has 0 radical (unpaired) electrons. The van der Waals surface area contributed by atoms with Gasteiger partial charge in [-0.3, -0.25) is 0 Å². The van der Waals surface area contributed by atoms with Gasteiger partial charge in [-0.2, -0.15) is 0 Å². The Morgan fingerprint density at radius 3 is 2.89 bits per heavy atom. The number of hydrogen-bond acceptors (Lipinski definition) is 3. The Morgan fingerprint density at radius 2 is 2.28 bits per heavy atom. The number of nitrogens with two attached hydrogens (primary N) is 1. The van der Waals surface area contributed by atoms with E-state index in [4.69, 9.17) is 5.73 Å². The first-order chi connectivity index (χ1) is 8.67. The van der Waals surface area contributed by atoms with Gasteiger partial charge in [0, 0.05) is 23.3 Å². The number of halogens is 1. The van der Waals surface area contributed by atoms with Crippen molar-refractivity contribution in [3.8, 4) is 0 Å². The van der Waals surface area contributed by atoms with Crippen molar-refractivity contribution in [1.29, 1.82) is 0 Å². The second kappa shape index (κ2) is 6.02. The molecule has 0 bridgehead atoms. The lowest BCUT2D eigenvalue weighted by Crippen LogP contribution is -2.40. The van der Waals surface area contributed by atoms with E-state index >= 15 is 0 Å². The minimum atomic E-state index is 0.563. The van der Waals surface area contributed by atoms with E-state index in [1.165, 1.54) is 24.8 Å². The molecule has 0 spiro atoms. The number of hydrogen-bond donors (Lipinski definition) is 1. The maximum Gasteiger partial charge on any atom is 0.129 e. The van der Waals surface area contributed by atoms with Gasteiger partial charge in [0.05, 0.1) is 0 Å². The highest BCUT2D eigenvalue weighted by molar-refractivity contribution is 9.10. The Hall–Kier alpha value is -0.610. The number of nitrogens with zero attached hydrogens (tertiary/aromatic N) is 2. The zero-order valence-corrected chi connectivity index (χ0v) is 12.8. The first-order valence-electron chi connectivity index (χ1n) is 6.76. The highest BCUT2D eigenvalue weighted by Crippen LogP contribution is 2.32. The maximum atomic E-state index is 5.89. The lowest BCUT2D eigenvalue weighted by Gasteiger charge is -2.33. The van der Waals surface area contributed by atoms with Gasteiger partial charge in [0.2, 0.25) is 0 Å². The summed E-state index contributed by atoms with van der Waals surface area (Å²) in [5, 5.41) is 0. The van der Waals surface area contributed by atoms with E-state index in [1.807, 2.05) is 6.20 Å². The van der Waals surface area contributed by atoms with Crippen LogP contribution in [0.25, 0.3) is 0 Å². The summed E-state index contributed by atoms with van der Waals surface area (Å²) in [5.41, 5.74) is 7.13. The molecule has 0 amide bonds. The molecule has 4 heteroatoms. The SMILES string of the molecule is CCN(c1cc(C)c(Br)cn1)C1CCCC1CN. The van der Waals surface area contributed by atoms with Crippen LogP contribution in [-0.4, -0.2) is 24.1 Å². The maximum absolute atomic E-state index is 5.89. The van der Waals surface area contributed by atoms with Gasteiger partial charge in [-0.15, -0.1) is 0 Å². The van der Waals surface area contributed by atoms with Gasteiger partial charge in [0.1, 0.15) is 5.82 Å². The molecule has 2 N–H and O–H groups in total. The average Bonchev–Trinajstić information content (AvgIpc) is 2.83. The van der Waals surface area contributed by atoms with Crippen molar-refractivity contribution in [3.63, 3.8) is 0 Å². The predicted octanol–water partition coefficient (Wildman–Crippen LogP) is 3.11. The third kappa shape index (κ3) is 2.69. The Bertz CT molecular complexity index is 408. The fraction of sp³-hybridized carbons (Fsp3) is 0.643. The van der Waals surface area contributed by atoms with Crippen molar-refractivity contribution in [2.45, 2.75) is 39.2 Å². The summed E-state index contributed by atoms with van der Waals surface area (Å²) in [5.74, 6) is 1.71. The predicted molar refractivity (Wildman–Crippen MR) is 79.9 cm³/mol. The molecule has 100 valence electrons. The lowest BCUT2D eigenvalue weighted by molar-refractivity contribution is 0.459. The lowest BCUT2D eigenvalue weighted by atomic mass is 10.0. The molecule has 2 rings (SSSR count). The van der Waals surface area contributed by atoms with Crippen LogP contribution in [0.1, 0.15) is 31.7 Å². The van der Waals surface area contributed by atoms with E-state index in [2.05, 4.69) is 45.7 Å². The van der Waals surface area contributed by atoms with Crippen molar-refractivity contribution in [3.05, 3.63) is 22.3 Å². The molecule has 1 aromatic rings. The van der Waals surface area contributed by atoms with Crippen molar-refractivity contribution < 1.29 is 0 Å². The Balaban J connectivity index is 2.24. The summed E-state index contributed by atoms with van der Waals surface area (Å²) in [6.07, 6.45) is 5.69. The van der Waals surface area contributed by atoms with Crippen LogP contribution in [-0.2, 0) is 0 Å². The number of rotatable bonds is 4. The van der Waals surface area contributed by atoms with Crippen molar-refractivity contribution in [1.82, 2.24) is 4.98 Å². The first kappa shape index (κ1) is 13.8. The van der Waals surface area contributed by atoms with E-state index in [1.54, 1.807) is 0 Å². The van der Waals surface area contributed by atoms with Gasteiger partial charge < -0.3 is 10.6 Å². The summed E-state index contributed by atoms with van der Waals surface area (Å²) >= 11 is 3.51. The molecule has 1 fully saturated rings. The summed E-state index contributed by atoms with van der Waals surface area (Å²) < 4.78 is 1.07. The Morgan fingerprint density at radius 1 is 1.50 bits per heavy atom.